The van der Waals surface area contributed by atoms with Crippen LogP contribution in [0.4, 0.5) is 0 Å². The number of halogens is 1. The molecule has 8 heteroatoms. The lowest BCUT2D eigenvalue weighted by Gasteiger charge is -2.36. The van der Waals surface area contributed by atoms with Crippen molar-refractivity contribution >= 4 is 41.8 Å². The molecule has 2 saturated heterocycles. The van der Waals surface area contributed by atoms with E-state index >= 15 is 0 Å². The number of likely N-dealkylation sites (tertiary alicyclic amines) is 1. The molecule has 1 aromatic rings. The van der Waals surface area contributed by atoms with Gasteiger partial charge in [0, 0.05) is 32.5 Å². The van der Waals surface area contributed by atoms with Gasteiger partial charge in [0.15, 0.2) is 5.96 Å². The maximum Gasteiger partial charge on any atom is 0.229 e. The Balaban J connectivity index is 0.00000320. The third-order valence-corrected chi connectivity index (χ3v) is 5.44. The number of hydrogen-bond acceptors (Lipinski definition) is 4. The van der Waals surface area contributed by atoms with Crippen LogP contribution in [0.1, 0.15) is 49.0 Å². The number of piperidine rings is 1. The van der Waals surface area contributed by atoms with Crippen molar-refractivity contribution in [3.63, 3.8) is 0 Å². The number of imide groups is 1. The number of carbonyl (C=O) groups is 2. The van der Waals surface area contributed by atoms with Crippen LogP contribution in [0.3, 0.4) is 0 Å². The van der Waals surface area contributed by atoms with Crippen molar-refractivity contribution in [2.45, 2.75) is 46.1 Å². The van der Waals surface area contributed by atoms with Crippen LogP contribution < -0.4 is 5.32 Å². The van der Waals surface area contributed by atoms with Crippen molar-refractivity contribution in [1.82, 2.24) is 15.1 Å². The van der Waals surface area contributed by atoms with E-state index in [2.05, 4.69) is 42.3 Å². The summed E-state index contributed by atoms with van der Waals surface area (Å²) in [6.07, 6.45) is 1.57. The number of nitrogens with zero attached hydrogens (tertiary/aromatic N) is 3. The molecule has 1 atom stereocenters. The molecule has 2 amide bonds. The Hall–Kier alpha value is -1.68. The molecule has 1 N–H and O–H groups in total. The van der Waals surface area contributed by atoms with Gasteiger partial charge in [0.05, 0.1) is 19.7 Å². The van der Waals surface area contributed by atoms with Crippen molar-refractivity contribution in [3.05, 3.63) is 34.9 Å². The molecule has 2 heterocycles. The molecule has 0 saturated carbocycles. The maximum absolute atomic E-state index is 12.0. The first-order valence-corrected chi connectivity index (χ1v) is 10.5. The fourth-order valence-electron chi connectivity index (χ4n) is 3.95. The molecule has 0 radical (unpaired) electrons. The van der Waals surface area contributed by atoms with Crippen molar-refractivity contribution in [2.75, 3.05) is 39.3 Å². The molecule has 1 aromatic carbocycles. The average molecular weight is 528 g/mol. The Morgan fingerprint density at radius 3 is 2.63 bits per heavy atom. The summed E-state index contributed by atoms with van der Waals surface area (Å²) in [6.45, 7) is 9.87. The Morgan fingerprint density at radius 1 is 1.23 bits per heavy atom. The molecule has 30 heavy (non-hydrogen) atoms. The van der Waals surface area contributed by atoms with Crippen molar-refractivity contribution in [1.29, 1.82) is 0 Å². The summed E-state index contributed by atoms with van der Waals surface area (Å²) in [6, 6.07) is 6.45. The molecule has 7 nitrogen and oxygen atoms in total. The highest BCUT2D eigenvalue weighted by atomic mass is 127. The predicted octanol–water partition coefficient (Wildman–Crippen LogP) is 2.80. The minimum Gasteiger partial charge on any atom is -0.370 e. The van der Waals surface area contributed by atoms with Crippen LogP contribution in [-0.4, -0.2) is 66.9 Å². The topological polar surface area (TPSA) is 74.2 Å². The zero-order chi connectivity index (χ0) is 20.8. The van der Waals surface area contributed by atoms with Gasteiger partial charge >= 0.3 is 0 Å². The minimum atomic E-state index is -0.0808. The van der Waals surface area contributed by atoms with E-state index < -0.39 is 0 Å². The van der Waals surface area contributed by atoms with E-state index in [1.807, 2.05) is 6.92 Å². The van der Waals surface area contributed by atoms with Gasteiger partial charge in [0.2, 0.25) is 11.8 Å². The number of benzene rings is 1. The summed E-state index contributed by atoms with van der Waals surface area (Å²) in [7, 11) is 0. The van der Waals surface area contributed by atoms with E-state index in [9.17, 15) is 9.59 Å². The highest BCUT2D eigenvalue weighted by Crippen LogP contribution is 2.26. The van der Waals surface area contributed by atoms with E-state index in [-0.39, 0.29) is 41.9 Å². The number of rotatable bonds is 5. The number of guanidine groups is 1. The second kappa shape index (κ2) is 11.6. The van der Waals surface area contributed by atoms with Crippen molar-refractivity contribution in [3.8, 4) is 0 Å². The predicted molar refractivity (Wildman–Crippen MR) is 128 cm³/mol. The summed E-state index contributed by atoms with van der Waals surface area (Å²) in [5.74, 6) is 0.646. The summed E-state index contributed by atoms with van der Waals surface area (Å²) in [5, 5.41) is 3.34. The fourth-order valence-corrected chi connectivity index (χ4v) is 3.95. The molecule has 2 aliphatic heterocycles. The average Bonchev–Trinajstić information content (AvgIpc) is 2.69. The van der Waals surface area contributed by atoms with Crippen LogP contribution in [0.25, 0.3) is 0 Å². The Morgan fingerprint density at radius 2 is 1.97 bits per heavy atom. The van der Waals surface area contributed by atoms with Crippen molar-refractivity contribution < 1.29 is 14.3 Å². The lowest BCUT2D eigenvalue weighted by Crippen LogP contribution is -2.48. The number of ether oxygens (including phenoxy) is 1. The van der Waals surface area contributed by atoms with Crippen LogP contribution in [-0.2, 0) is 14.3 Å². The van der Waals surface area contributed by atoms with E-state index in [0.717, 1.165) is 25.6 Å². The Labute approximate surface area is 196 Å². The standard InChI is InChI=1S/C22H32N4O3.HI/c1-4-23-22(24-10-11-26-20(27)6-5-7-21(26)28)25-12-13-29-19(15-25)18-9-8-16(2)14-17(18)3;/h8-9,14,19H,4-7,10-13,15H2,1-3H3,(H,23,24);1H. The summed E-state index contributed by atoms with van der Waals surface area (Å²) in [4.78, 5) is 32.2. The SMILES string of the molecule is CCNC(=NCCN1C(=O)CCCC1=O)N1CCOC(c2ccc(C)cc2C)C1.I. The van der Waals surface area contributed by atoms with Gasteiger partial charge in [-0.15, -0.1) is 24.0 Å². The summed E-state index contributed by atoms with van der Waals surface area (Å²) < 4.78 is 6.05. The number of nitrogens with one attached hydrogen (secondary N) is 1. The lowest BCUT2D eigenvalue weighted by atomic mass is 10.00. The lowest BCUT2D eigenvalue weighted by molar-refractivity contribution is -0.147. The van der Waals surface area contributed by atoms with Crippen LogP contribution in [0.2, 0.25) is 0 Å². The van der Waals surface area contributed by atoms with Gasteiger partial charge in [-0.1, -0.05) is 23.8 Å². The summed E-state index contributed by atoms with van der Waals surface area (Å²) in [5.41, 5.74) is 3.69. The smallest absolute Gasteiger partial charge is 0.229 e. The van der Waals surface area contributed by atoms with Crippen LogP contribution in [0.15, 0.2) is 23.2 Å². The number of hydrogen-bond donors (Lipinski definition) is 1. The second-order valence-electron chi connectivity index (χ2n) is 7.69. The molecular formula is C22H33IN4O3. The van der Waals surface area contributed by atoms with Gasteiger partial charge in [-0.3, -0.25) is 19.5 Å². The normalized spacial score (nSPS) is 20.2. The molecule has 0 aliphatic carbocycles. The number of morpholine rings is 1. The first-order valence-electron chi connectivity index (χ1n) is 10.5. The van der Waals surface area contributed by atoms with Crippen LogP contribution >= 0.6 is 24.0 Å². The first kappa shape index (κ1) is 24.6. The third-order valence-electron chi connectivity index (χ3n) is 5.44. The van der Waals surface area contributed by atoms with E-state index in [1.54, 1.807) is 0 Å². The number of aryl methyl sites for hydroxylation is 2. The van der Waals surface area contributed by atoms with Gasteiger partial charge in [0.25, 0.3) is 0 Å². The first-order chi connectivity index (χ1) is 14.0. The van der Waals surface area contributed by atoms with Gasteiger partial charge in [0.1, 0.15) is 6.10 Å². The molecular weight excluding hydrogens is 495 g/mol. The zero-order valence-electron chi connectivity index (χ0n) is 18.1. The van der Waals surface area contributed by atoms with E-state index in [4.69, 9.17) is 9.73 Å². The zero-order valence-corrected chi connectivity index (χ0v) is 20.5. The second-order valence-corrected chi connectivity index (χ2v) is 7.69. The Bertz CT molecular complexity index is 768. The number of carbonyl (C=O) groups excluding carboxylic acids is 2. The van der Waals surface area contributed by atoms with Gasteiger partial charge in [-0.05, 0) is 38.3 Å². The highest BCUT2D eigenvalue weighted by molar-refractivity contribution is 14.0. The molecule has 2 fully saturated rings. The molecule has 2 aliphatic rings. The van der Waals surface area contributed by atoms with Crippen LogP contribution in [0, 0.1) is 13.8 Å². The number of amides is 2. The Kier molecular flexibility index (Phi) is 9.54. The van der Waals surface area contributed by atoms with Gasteiger partial charge in [-0.25, -0.2) is 0 Å². The van der Waals surface area contributed by atoms with Crippen molar-refractivity contribution in [2.24, 2.45) is 4.99 Å². The quantitative estimate of drug-likeness (QED) is 0.276. The number of aliphatic imine (C=N–C) groups is 1. The van der Waals surface area contributed by atoms with E-state index in [0.29, 0.717) is 39.0 Å². The molecule has 0 bridgehead atoms. The van der Waals surface area contributed by atoms with Gasteiger partial charge < -0.3 is 15.0 Å². The highest BCUT2D eigenvalue weighted by Gasteiger charge is 2.27. The molecule has 3 rings (SSSR count). The molecule has 0 aromatic heterocycles. The fraction of sp³-hybridized carbons (Fsp3) is 0.591. The minimum absolute atomic E-state index is 0. The molecule has 166 valence electrons. The van der Waals surface area contributed by atoms with Gasteiger partial charge in [-0.2, -0.15) is 0 Å². The monoisotopic (exact) mass is 528 g/mol. The van der Waals surface area contributed by atoms with Crippen LogP contribution in [0.5, 0.6) is 0 Å². The van der Waals surface area contributed by atoms with E-state index in [1.165, 1.54) is 21.6 Å². The largest absolute Gasteiger partial charge is 0.370 e. The molecule has 0 spiro atoms. The summed E-state index contributed by atoms with van der Waals surface area (Å²) >= 11 is 0. The molecule has 1 unspecified atom stereocenters. The maximum atomic E-state index is 12.0. The third kappa shape index (κ3) is 6.16.